The van der Waals surface area contributed by atoms with Gasteiger partial charge in [-0.15, -0.1) is 0 Å². The molecule has 0 atom stereocenters. The number of amides is 2. The SMILES string of the molecule is NS(=O)(=O)c1ccc(NC(=O)COC(=O)C2=CCC(=O)NN2)cc1. The highest BCUT2D eigenvalue weighted by Gasteiger charge is 2.17. The number of nitrogens with one attached hydrogen (secondary N) is 3. The zero-order valence-corrected chi connectivity index (χ0v) is 13.1. The second kappa shape index (κ2) is 7.10. The second-order valence-corrected chi connectivity index (χ2v) is 6.25. The zero-order valence-electron chi connectivity index (χ0n) is 12.2. The highest BCUT2D eigenvalue weighted by atomic mass is 32.2. The average Bonchev–Trinajstić information content (AvgIpc) is 2.53. The Hall–Kier alpha value is -2.92. The van der Waals surface area contributed by atoms with Gasteiger partial charge in [0.1, 0.15) is 5.70 Å². The monoisotopic (exact) mass is 354 g/mol. The summed E-state index contributed by atoms with van der Waals surface area (Å²) in [6.07, 6.45) is 1.37. The average molecular weight is 354 g/mol. The number of anilines is 1. The first-order chi connectivity index (χ1) is 11.3. The van der Waals surface area contributed by atoms with Crippen molar-refractivity contribution in [3.05, 3.63) is 36.0 Å². The molecule has 0 radical (unpaired) electrons. The van der Waals surface area contributed by atoms with Gasteiger partial charge in [-0.1, -0.05) is 0 Å². The molecule has 5 N–H and O–H groups in total. The van der Waals surface area contributed by atoms with Crippen molar-refractivity contribution in [2.75, 3.05) is 11.9 Å². The molecular weight excluding hydrogens is 340 g/mol. The quantitative estimate of drug-likeness (QED) is 0.480. The molecule has 0 bridgehead atoms. The lowest BCUT2D eigenvalue weighted by Gasteiger charge is -2.15. The van der Waals surface area contributed by atoms with Crippen molar-refractivity contribution in [2.24, 2.45) is 5.14 Å². The highest BCUT2D eigenvalue weighted by Crippen LogP contribution is 2.12. The lowest BCUT2D eigenvalue weighted by atomic mass is 10.3. The Labute approximate surface area is 137 Å². The molecule has 0 spiro atoms. The van der Waals surface area contributed by atoms with Crippen LogP contribution >= 0.6 is 0 Å². The van der Waals surface area contributed by atoms with Crippen molar-refractivity contribution in [3.8, 4) is 0 Å². The number of hydrazine groups is 1. The van der Waals surface area contributed by atoms with Gasteiger partial charge in [0.15, 0.2) is 6.61 Å². The van der Waals surface area contributed by atoms with Crippen molar-refractivity contribution >= 4 is 33.5 Å². The molecule has 0 aliphatic carbocycles. The molecule has 11 heteroatoms. The van der Waals surface area contributed by atoms with Gasteiger partial charge in [-0.2, -0.15) is 0 Å². The van der Waals surface area contributed by atoms with E-state index in [1.165, 1.54) is 30.3 Å². The predicted molar refractivity (Wildman–Crippen MR) is 81.4 cm³/mol. The van der Waals surface area contributed by atoms with E-state index in [9.17, 15) is 22.8 Å². The predicted octanol–water partition coefficient (Wildman–Crippen LogP) is -1.28. The minimum absolute atomic E-state index is 0.0277. The Kier molecular flexibility index (Phi) is 5.16. The number of rotatable bonds is 5. The van der Waals surface area contributed by atoms with Crippen molar-refractivity contribution in [3.63, 3.8) is 0 Å². The fourth-order valence-electron chi connectivity index (χ4n) is 1.70. The third-order valence-corrected chi connectivity index (χ3v) is 3.78. The van der Waals surface area contributed by atoms with Gasteiger partial charge in [-0.25, -0.2) is 18.4 Å². The van der Waals surface area contributed by atoms with E-state index >= 15 is 0 Å². The number of sulfonamides is 1. The van der Waals surface area contributed by atoms with E-state index < -0.39 is 28.5 Å². The number of carbonyl (C=O) groups excluding carboxylic acids is 3. The molecular formula is C13H14N4O6S. The summed E-state index contributed by atoms with van der Waals surface area (Å²) in [5, 5.41) is 7.38. The van der Waals surface area contributed by atoms with E-state index in [4.69, 9.17) is 9.88 Å². The lowest BCUT2D eigenvalue weighted by molar-refractivity contribution is -0.144. The molecule has 1 aliphatic heterocycles. The largest absolute Gasteiger partial charge is 0.451 e. The maximum Gasteiger partial charge on any atom is 0.356 e. The maximum atomic E-state index is 11.7. The Balaban J connectivity index is 1.85. The first-order valence-corrected chi connectivity index (χ1v) is 8.15. The Morgan fingerprint density at radius 2 is 1.88 bits per heavy atom. The molecule has 0 fully saturated rings. The number of hydrogen-bond acceptors (Lipinski definition) is 7. The van der Waals surface area contributed by atoms with Crippen LogP contribution in [-0.4, -0.2) is 32.8 Å². The zero-order chi connectivity index (χ0) is 17.7. The van der Waals surface area contributed by atoms with Crippen molar-refractivity contribution < 1.29 is 27.5 Å². The normalized spacial score (nSPS) is 14.0. The van der Waals surface area contributed by atoms with Gasteiger partial charge in [0.25, 0.3) is 5.91 Å². The summed E-state index contributed by atoms with van der Waals surface area (Å²) in [6, 6.07) is 5.16. The van der Waals surface area contributed by atoms with Crippen LogP contribution in [0.5, 0.6) is 0 Å². The van der Waals surface area contributed by atoms with Gasteiger partial charge >= 0.3 is 5.97 Å². The molecule has 1 aliphatic rings. The van der Waals surface area contributed by atoms with Gasteiger partial charge in [0, 0.05) is 12.1 Å². The number of carbonyl (C=O) groups is 3. The summed E-state index contributed by atoms with van der Waals surface area (Å²) in [4.78, 5) is 34.2. The number of esters is 1. The van der Waals surface area contributed by atoms with Gasteiger partial charge in [0.05, 0.1) is 4.90 Å². The van der Waals surface area contributed by atoms with Crippen LogP contribution in [0.2, 0.25) is 0 Å². The molecule has 0 aromatic heterocycles. The van der Waals surface area contributed by atoms with E-state index in [2.05, 4.69) is 16.2 Å². The smallest absolute Gasteiger partial charge is 0.356 e. The van der Waals surface area contributed by atoms with Crippen LogP contribution in [0.15, 0.2) is 40.9 Å². The van der Waals surface area contributed by atoms with Crippen LogP contribution in [0.3, 0.4) is 0 Å². The van der Waals surface area contributed by atoms with E-state index in [1.807, 2.05) is 0 Å². The number of primary sulfonamides is 1. The summed E-state index contributed by atoms with van der Waals surface area (Å²) >= 11 is 0. The van der Waals surface area contributed by atoms with Gasteiger partial charge in [0.2, 0.25) is 15.9 Å². The van der Waals surface area contributed by atoms with E-state index in [-0.39, 0.29) is 22.9 Å². The minimum Gasteiger partial charge on any atom is -0.451 e. The molecule has 128 valence electrons. The van der Waals surface area contributed by atoms with Gasteiger partial charge in [-0.3, -0.25) is 20.4 Å². The number of nitrogens with two attached hydrogens (primary N) is 1. The molecule has 1 aromatic carbocycles. The molecule has 2 rings (SSSR count). The first kappa shape index (κ1) is 17.4. The van der Waals surface area contributed by atoms with Crippen molar-refractivity contribution in [1.82, 2.24) is 10.9 Å². The van der Waals surface area contributed by atoms with Crippen LogP contribution in [0, 0.1) is 0 Å². The molecule has 24 heavy (non-hydrogen) atoms. The fraction of sp³-hybridized carbons (Fsp3) is 0.154. The first-order valence-electron chi connectivity index (χ1n) is 6.60. The summed E-state index contributed by atoms with van der Waals surface area (Å²) < 4.78 is 27.0. The summed E-state index contributed by atoms with van der Waals surface area (Å²) in [5.41, 5.74) is 4.93. The topological polar surface area (TPSA) is 157 Å². The Morgan fingerprint density at radius 3 is 2.42 bits per heavy atom. The standard InChI is InChI=1S/C13H14N4O6S/c14-24(21,22)9-3-1-8(2-4-9)15-12(19)7-23-13(20)10-5-6-11(18)17-16-10/h1-5,16H,6-7H2,(H,15,19)(H,17,18)(H2,14,21,22). The van der Waals surface area contributed by atoms with Crippen LogP contribution in [-0.2, 0) is 29.1 Å². The number of benzene rings is 1. The third kappa shape index (κ3) is 4.79. The summed E-state index contributed by atoms with van der Waals surface area (Å²) in [7, 11) is -3.81. The molecule has 10 nitrogen and oxygen atoms in total. The summed E-state index contributed by atoms with van der Waals surface area (Å²) in [6.45, 7) is -0.553. The summed E-state index contributed by atoms with van der Waals surface area (Å²) in [5.74, 6) is -1.71. The molecule has 0 unspecified atom stereocenters. The molecule has 1 heterocycles. The minimum atomic E-state index is -3.81. The van der Waals surface area contributed by atoms with E-state index in [0.29, 0.717) is 5.69 Å². The molecule has 0 saturated heterocycles. The van der Waals surface area contributed by atoms with Crippen molar-refractivity contribution in [1.29, 1.82) is 0 Å². The number of hydrogen-bond donors (Lipinski definition) is 4. The maximum absolute atomic E-state index is 11.7. The molecule has 2 amide bonds. The van der Waals surface area contributed by atoms with E-state index in [1.54, 1.807) is 0 Å². The molecule has 0 saturated carbocycles. The second-order valence-electron chi connectivity index (χ2n) is 4.69. The van der Waals surface area contributed by atoms with Crippen LogP contribution in [0.1, 0.15) is 6.42 Å². The third-order valence-electron chi connectivity index (χ3n) is 2.85. The highest BCUT2D eigenvalue weighted by molar-refractivity contribution is 7.89. The van der Waals surface area contributed by atoms with Gasteiger partial charge in [-0.05, 0) is 30.3 Å². The lowest BCUT2D eigenvalue weighted by Crippen LogP contribution is -2.42. The van der Waals surface area contributed by atoms with Crippen LogP contribution < -0.4 is 21.3 Å². The Morgan fingerprint density at radius 1 is 1.21 bits per heavy atom. The van der Waals surface area contributed by atoms with E-state index in [0.717, 1.165) is 0 Å². The van der Waals surface area contributed by atoms with Crippen LogP contribution in [0.25, 0.3) is 0 Å². The molecule has 1 aromatic rings. The number of ether oxygens (including phenoxy) is 1. The van der Waals surface area contributed by atoms with Crippen molar-refractivity contribution in [2.45, 2.75) is 11.3 Å². The van der Waals surface area contributed by atoms with Gasteiger partial charge < -0.3 is 10.1 Å². The Bertz CT molecular complexity index is 800. The fourth-order valence-corrected chi connectivity index (χ4v) is 2.22. The van der Waals surface area contributed by atoms with Crippen LogP contribution in [0.4, 0.5) is 5.69 Å².